The zero-order valence-electron chi connectivity index (χ0n) is 11.4. The molecule has 0 aliphatic heterocycles. The molecule has 8 heteroatoms. The summed E-state index contributed by atoms with van der Waals surface area (Å²) in [5, 5.41) is 12.7. The van der Waals surface area contributed by atoms with Crippen LogP contribution in [0, 0.1) is 0 Å². The molecule has 0 heterocycles. The summed E-state index contributed by atoms with van der Waals surface area (Å²) in [4.78, 5) is 0.354. The van der Waals surface area contributed by atoms with E-state index in [1.54, 1.807) is 13.0 Å². The fourth-order valence-electron chi connectivity index (χ4n) is 1.72. The first-order valence-corrected chi connectivity index (χ1v) is 8.47. The van der Waals surface area contributed by atoms with E-state index < -0.39 is 15.6 Å². The molecular weight excluding hydrogens is 320 g/mol. The first-order chi connectivity index (χ1) is 9.24. The Morgan fingerprint density at radius 3 is 2.75 bits per heavy atom. The minimum atomic E-state index is -3.73. The molecule has 20 heavy (non-hydrogen) atoms. The molecule has 1 aliphatic carbocycles. The Labute approximate surface area is 130 Å². The zero-order valence-corrected chi connectivity index (χ0v) is 13.8. The van der Waals surface area contributed by atoms with Crippen molar-refractivity contribution in [1.29, 1.82) is 0 Å². The lowest BCUT2D eigenvalue weighted by atomic mass is 10.1. The smallest absolute Gasteiger partial charge is 0.241 e. The highest BCUT2D eigenvalue weighted by Gasteiger charge is 2.28. The minimum Gasteiger partial charge on any atom is -0.394 e. The predicted octanol–water partition coefficient (Wildman–Crippen LogP) is 1.05. The lowest BCUT2D eigenvalue weighted by molar-refractivity contribution is 0.179. The number of likely N-dealkylation sites (N-methyl/N-ethyl adjacent to an activating group) is 1. The highest BCUT2D eigenvalue weighted by molar-refractivity contribution is 7.96. The van der Waals surface area contributed by atoms with Gasteiger partial charge in [-0.3, -0.25) is 0 Å². The second kappa shape index (κ2) is 7.11. The average molecular weight is 339 g/mol. The molecule has 0 spiro atoms. The van der Waals surface area contributed by atoms with Gasteiger partial charge in [-0.15, -0.1) is 0 Å². The van der Waals surface area contributed by atoms with Gasteiger partial charge in [0.05, 0.1) is 17.1 Å². The van der Waals surface area contributed by atoms with Gasteiger partial charge in [-0.2, -0.15) is 0 Å². The fourth-order valence-corrected chi connectivity index (χ4v) is 3.77. The van der Waals surface area contributed by atoms with Crippen LogP contribution in [0.2, 0.25) is 0 Å². The van der Waals surface area contributed by atoms with Crippen LogP contribution >= 0.6 is 23.8 Å². The fraction of sp³-hybridized carbons (Fsp3) is 0.583. The second-order valence-electron chi connectivity index (χ2n) is 4.80. The van der Waals surface area contributed by atoms with Gasteiger partial charge in [0.1, 0.15) is 0 Å². The number of sulfonamides is 1. The van der Waals surface area contributed by atoms with Gasteiger partial charge >= 0.3 is 0 Å². The van der Waals surface area contributed by atoms with Crippen LogP contribution in [0.1, 0.15) is 20.3 Å². The number of halogens is 1. The Morgan fingerprint density at radius 2 is 2.20 bits per heavy atom. The van der Waals surface area contributed by atoms with Crippen molar-refractivity contribution < 1.29 is 13.5 Å². The normalized spacial score (nSPS) is 19.3. The van der Waals surface area contributed by atoms with E-state index in [0.29, 0.717) is 22.9 Å². The van der Waals surface area contributed by atoms with Gasteiger partial charge in [0.15, 0.2) is 0 Å². The summed E-state index contributed by atoms with van der Waals surface area (Å²) in [6, 6.07) is 0. The zero-order chi connectivity index (χ0) is 15.4. The number of thiocarbonyl (C=S) groups is 1. The van der Waals surface area contributed by atoms with Crippen LogP contribution in [0.3, 0.4) is 0 Å². The summed E-state index contributed by atoms with van der Waals surface area (Å²) >= 11 is 10.9. The van der Waals surface area contributed by atoms with Gasteiger partial charge in [-0.1, -0.05) is 36.8 Å². The minimum absolute atomic E-state index is 0.0248. The molecule has 5 nitrogen and oxygen atoms in total. The summed E-state index contributed by atoms with van der Waals surface area (Å²) in [5.74, 6) is 0. The Bertz CT molecular complexity index is 543. The molecule has 3 N–H and O–H groups in total. The van der Waals surface area contributed by atoms with Crippen molar-refractivity contribution in [3.63, 3.8) is 0 Å². The summed E-state index contributed by atoms with van der Waals surface area (Å²) in [6.07, 6.45) is 3.35. The van der Waals surface area contributed by atoms with Crippen LogP contribution in [0.4, 0.5) is 0 Å². The second-order valence-corrected chi connectivity index (χ2v) is 7.46. The third-order valence-corrected chi connectivity index (χ3v) is 5.17. The van der Waals surface area contributed by atoms with Gasteiger partial charge in [0.25, 0.3) is 0 Å². The molecule has 0 aromatic heterocycles. The van der Waals surface area contributed by atoms with E-state index in [9.17, 15) is 13.5 Å². The maximum absolute atomic E-state index is 12.2. The van der Waals surface area contributed by atoms with Crippen LogP contribution in [0.15, 0.2) is 22.1 Å². The standard InChI is InChI=1S/C12H19ClN2O3S2/c1-3-14-12(2,8-16)7-15-20(17,18)11-6-9(13)4-5-10(11)19/h4,6,14-16H,3,5,7-8H2,1-2H3. The van der Waals surface area contributed by atoms with Crippen molar-refractivity contribution in [2.45, 2.75) is 25.8 Å². The largest absolute Gasteiger partial charge is 0.394 e. The first-order valence-electron chi connectivity index (χ1n) is 6.20. The summed E-state index contributed by atoms with van der Waals surface area (Å²) < 4.78 is 27.0. The molecule has 0 radical (unpaired) electrons. The van der Waals surface area contributed by atoms with Gasteiger partial charge < -0.3 is 10.4 Å². The van der Waals surface area contributed by atoms with Gasteiger partial charge in [-0.05, 0) is 19.5 Å². The number of allylic oxidation sites excluding steroid dienone is 4. The molecule has 0 saturated heterocycles. The molecule has 0 aromatic rings. The monoisotopic (exact) mass is 338 g/mol. The Kier molecular flexibility index (Phi) is 6.30. The molecular formula is C12H19ClN2O3S2. The van der Waals surface area contributed by atoms with E-state index in [2.05, 4.69) is 10.0 Å². The maximum Gasteiger partial charge on any atom is 0.241 e. The van der Waals surface area contributed by atoms with Crippen LogP contribution in [-0.4, -0.2) is 43.6 Å². The number of rotatable bonds is 7. The van der Waals surface area contributed by atoms with Gasteiger partial charge in [0, 0.05) is 22.9 Å². The molecule has 0 amide bonds. The lowest BCUT2D eigenvalue weighted by Crippen LogP contribution is -2.54. The number of aliphatic hydroxyl groups excluding tert-OH is 1. The van der Waals surface area contributed by atoms with Gasteiger partial charge in [-0.25, -0.2) is 13.1 Å². The van der Waals surface area contributed by atoms with Crippen LogP contribution in [0.5, 0.6) is 0 Å². The first kappa shape index (κ1) is 17.7. The molecule has 114 valence electrons. The Hall–Kier alpha value is -0.310. The van der Waals surface area contributed by atoms with E-state index >= 15 is 0 Å². The van der Waals surface area contributed by atoms with E-state index in [0.717, 1.165) is 0 Å². The SMILES string of the molecule is CCNC(C)(CO)CNS(=O)(=O)C1=CC(Cl)=CCC1=S. The van der Waals surface area contributed by atoms with Crippen molar-refractivity contribution in [1.82, 2.24) is 10.0 Å². The summed E-state index contributed by atoms with van der Waals surface area (Å²) in [6.45, 7) is 4.11. The molecule has 1 rings (SSSR count). The highest BCUT2D eigenvalue weighted by atomic mass is 35.5. The predicted molar refractivity (Wildman–Crippen MR) is 85.3 cm³/mol. The number of nitrogens with one attached hydrogen (secondary N) is 2. The average Bonchev–Trinajstić information content (AvgIpc) is 2.40. The molecule has 1 unspecified atom stereocenters. The lowest BCUT2D eigenvalue weighted by Gasteiger charge is -2.28. The van der Waals surface area contributed by atoms with Crippen molar-refractivity contribution >= 4 is 38.7 Å². The summed E-state index contributed by atoms with van der Waals surface area (Å²) in [5.41, 5.74) is -0.724. The Balaban J connectivity index is 2.86. The molecule has 0 saturated carbocycles. The number of hydrogen-bond acceptors (Lipinski definition) is 5. The van der Waals surface area contributed by atoms with Crippen molar-refractivity contribution in [3.8, 4) is 0 Å². The van der Waals surface area contributed by atoms with E-state index in [-0.39, 0.29) is 18.1 Å². The summed E-state index contributed by atoms with van der Waals surface area (Å²) in [7, 11) is -3.73. The molecule has 0 fully saturated rings. The van der Waals surface area contributed by atoms with Crippen molar-refractivity contribution in [3.05, 3.63) is 22.1 Å². The quantitative estimate of drug-likeness (QED) is 0.605. The van der Waals surface area contributed by atoms with E-state index in [4.69, 9.17) is 23.8 Å². The number of aliphatic hydroxyl groups is 1. The van der Waals surface area contributed by atoms with Crippen LogP contribution in [-0.2, 0) is 10.0 Å². The van der Waals surface area contributed by atoms with Gasteiger partial charge in [0.2, 0.25) is 10.0 Å². The molecule has 0 aromatic carbocycles. The molecule has 0 bridgehead atoms. The highest BCUT2D eigenvalue weighted by Crippen LogP contribution is 2.22. The molecule has 1 aliphatic rings. The van der Waals surface area contributed by atoms with Crippen LogP contribution < -0.4 is 10.0 Å². The van der Waals surface area contributed by atoms with Crippen molar-refractivity contribution in [2.75, 3.05) is 19.7 Å². The maximum atomic E-state index is 12.2. The van der Waals surface area contributed by atoms with Crippen LogP contribution in [0.25, 0.3) is 0 Å². The third-order valence-electron chi connectivity index (χ3n) is 2.92. The Morgan fingerprint density at radius 1 is 1.55 bits per heavy atom. The number of hydrogen-bond donors (Lipinski definition) is 3. The van der Waals surface area contributed by atoms with E-state index in [1.807, 2.05) is 6.92 Å². The van der Waals surface area contributed by atoms with E-state index in [1.165, 1.54) is 6.08 Å². The third kappa shape index (κ3) is 4.61. The van der Waals surface area contributed by atoms with Crippen molar-refractivity contribution in [2.24, 2.45) is 0 Å². The topological polar surface area (TPSA) is 78.4 Å². The molecule has 1 atom stereocenters.